The maximum atomic E-state index is 2.95. The van der Waals surface area contributed by atoms with E-state index >= 15 is 0 Å². The molecule has 2 aliphatic carbocycles. The topological polar surface area (TPSA) is 6.48 Å². The van der Waals surface area contributed by atoms with Gasteiger partial charge in [-0.15, -0.1) is 0 Å². The molecule has 2 heteroatoms. The van der Waals surface area contributed by atoms with Crippen LogP contribution in [0.3, 0.4) is 0 Å². The van der Waals surface area contributed by atoms with Crippen LogP contribution in [0, 0.1) is 0 Å². The lowest BCUT2D eigenvalue weighted by molar-refractivity contribution is 0.0991. The Labute approximate surface area is 203 Å². The summed E-state index contributed by atoms with van der Waals surface area (Å²) in [5, 5.41) is 0. The third-order valence-corrected chi connectivity index (χ3v) is 8.45. The largest absolute Gasteiger partial charge is 0.299 e. The number of unbranched alkanes of at least 4 members (excludes halogenated alkanes) is 10. The predicted molar refractivity (Wildman–Crippen MR) is 144 cm³/mol. The van der Waals surface area contributed by atoms with Gasteiger partial charge in [0.1, 0.15) is 0 Å². The first-order valence-electron chi connectivity index (χ1n) is 15.3. The standard InChI is InChI=1S/C30H60N2/c1-3-5-7-9-11-19-25-31(29-21-15-13-16-22-29)27-28-32(30-23-17-14-18-24-30)26-20-12-10-8-6-4-2/h29-30H,3-28H2,1-2H3. The molecular weight excluding hydrogens is 388 g/mol. The van der Waals surface area contributed by atoms with Crippen molar-refractivity contribution < 1.29 is 0 Å². The van der Waals surface area contributed by atoms with E-state index in [1.54, 1.807) is 0 Å². The molecule has 0 aromatic heterocycles. The SMILES string of the molecule is CCCCCCCCN(CCN(CCCCCCCC)C1CCCCC1)C1CCCCC1. The summed E-state index contributed by atoms with van der Waals surface area (Å²) in [6.07, 6.45) is 31.9. The Morgan fingerprint density at radius 1 is 0.406 bits per heavy atom. The smallest absolute Gasteiger partial charge is 0.0112 e. The molecule has 2 fully saturated rings. The Morgan fingerprint density at radius 2 is 0.750 bits per heavy atom. The van der Waals surface area contributed by atoms with Crippen LogP contribution in [0.25, 0.3) is 0 Å². The summed E-state index contributed by atoms with van der Waals surface area (Å²) >= 11 is 0. The summed E-state index contributed by atoms with van der Waals surface area (Å²) in [5.41, 5.74) is 0. The van der Waals surface area contributed by atoms with Crippen LogP contribution >= 0.6 is 0 Å². The van der Waals surface area contributed by atoms with Crippen LogP contribution in [-0.2, 0) is 0 Å². The summed E-state index contributed by atoms with van der Waals surface area (Å²) in [7, 11) is 0. The molecule has 2 aliphatic rings. The Kier molecular flexibility index (Phi) is 16.9. The molecule has 2 saturated carbocycles. The van der Waals surface area contributed by atoms with Crippen molar-refractivity contribution in [2.75, 3.05) is 26.2 Å². The zero-order chi connectivity index (χ0) is 22.7. The van der Waals surface area contributed by atoms with Crippen molar-refractivity contribution in [2.24, 2.45) is 0 Å². The third kappa shape index (κ3) is 12.4. The fourth-order valence-corrected chi connectivity index (χ4v) is 6.29. The first-order chi connectivity index (χ1) is 15.8. The summed E-state index contributed by atoms with van der Waals surface area (Å²) < 4.78 is 0. The number of rotatable bonds is 19. The van der Waals surface area contributed by atoms with Crippen molar-refractivity contribution in [1.82, 2.24) is 9.80 Å². The van der Waals surface area contributed by atoms with E-state index in [9.17, 15) is 0 Å². The molecule has 190 valence electrons. The molecule has 0 amide bonds. The minimum atomic E-state index is 0.890. The second-order valence-corrected chi connectivity index (χ2v) is 11.2. The van der Waals surface area contributed by atoms with Crippen LogP contribution in [0.15, 0.2) is 0 Å². The predicted octanol–water partition coefficient (Wildman–Crippen LogP) is 8.98. The normalized spacial score (nSPS) is 18.8. The highest BCUT2D eigenvalue weighted by molar-refractivity contribution is 4.80. The lowest BCUT2D eigenvalue weighted by Crippen LogP contribution is -2.46. The van der Waals surface area contributed by atoms with Crippen LogP contribution in [0.2, 0.25) is 0 Å². The van der Waals surface area contributed by atoms with Gasteiger partial charge in [-0.05, 0) is 51.6 Å². The summed E-state index contributed by atoms with van der Waals surface area (Å²) in [6.45, 7) is 10.1. The van der Waals surface area contributed by atoms with E-state index < -0.39 is 0 Å². The zero-order valence-electron chi connectivity index (χ0n) is 22.4. The van der Waals surface area contributed by atoms with Gasteiger partial charge in [-0.25, -0.2) is 0 Å². The molecule has 0 unspecified atom stereocenters. The molecule has 0 aromatic carbocycles. The second kappa shape index (κ2) is 19.2. The third-order valence-electron chi connectivity index (χ3n) is 8.45. The lowest BCUT2D eigenvalue weighted by atomic mass is 9.93. The van der Waals surface area contributed by atoms with Gasteiger partial charge >= 0.3 is 0 Å². The van der Waals surface area contributed by atoms with Gasteiger partial charge in [0.2, 0.25) is 0 Å². The van der Waals surface area contributed by atoms with Crippen LogP contribution in [0.5, 0.6) is 0 Å². The Morgan fingerprint density at radius 3 is 1.12 bits per heavy atom. The van der Waals surface area contributed by atoms with Crippen molar-refractivity contribution >= 4 is 0 Å². The highest BCUT2D eigenvalue weighted by Gasteiger charge is 2.24. The minimum absolute atomic E-state index is 0.890. The molecular formula is C30H60N2. The number of nitrogens with zero attached hydrogens (tertiary/aromatic N) is 2. The Balaban J connectivity index is 1.80. The lowest BCUT2D eigenvalue weighted by Gasteiger charge is -2.39. The molecule has 0 atom stereocenters. The van der Waals surface area contributed by atoms with Gasteiger partial charge in [-0.3, -0.25) is 9.80 Å². The number of hydrogen-bond acceptors (Lipinski definition) is 2. The van der Waals surface area contributed by atoms with Crippen molar-refractivity contribution in [3.05, 3.63) is 0 Å². The Hall–Kier alpha value is -0.0800. The highest BCUT2D eigenvalue weighted by Crippen LogP contribution is 2.25. The Bertz CT molecular complexity index is 360. The van der Waals surface area contributed by atoms with E-state index in [0.717, 1.165) is 12.1 Å². The first kappa shape index (κ1) is 28.2. The second-order valence-electron chi connectivity index (χ2n) is 11.2. The zero-order valence-corrected chi connectivity index (χ0v) is 22.4. The van der Waals surface area contributed by atoms with E-state index in [2.05, 4.69) is 23.6 Å². The van der Waals surface area contributed by atoms with Gasteiger partial charge in [0.05, 0.1) is 0 Å². The molecule has 0 bridgehead atoms. The summed E-state index contributed by atoms with van der Waals surface area (Å²) in [6, 6.07) is 1.78. The first-order valence-corrected chi connectivity index (χ1v) is 15.3. The van der Waals surface area contributed by atoms with E-state index in [0.29, 0.717) is 0 Å². The fourth-order valence-electron chi connectivity index (χ4n) is 6.29. The van der Waals surface area contributed by atoms with E-state index in [-0.39, 0.29) is 0 Å². The van der Waals surface area contributed by atoms with Crippen LogP contribution in [0.1, 0.15) is 155 Å². The molecule has 0 radical (unpaired) electrons. The molecule has 0 N–H and O–H groups in total. The van der Waals surface area contributed by atoms with Gasteiger partial charge in [-0.2, -0.15) is 0 Å². The number of hydrogen-bond donors (Lipinski definition) is 0. The van der Waals surface area contributed by atoms with Crippen LogP contribution < -0.4 is 0 Å². The molecule has 0 aliphatic heterocycles. The van der Waals surface area contributed by atoms with Gasteiger partial charge in [0.25, 0.3) is 0 Å². The molecule has 0 saturated heterocycles. The summed E-state index contributed by atoms with van der Waals surface area (Å²) in [4.78, 5) is 5.91. The van der Waals surface area contributed by atoms with Crippen LogP contribution in [0.4, 0.5) is 0 Å². The van der Waals surface area contributed by atoms with Crippen LogP contribution in [-0.4, -0.2) is 48.1 Å². The van der Waals surface area contributed by atoms with Gasteiger partial charge < -0.3 is 0 Å². The van der Waals surface area contributed by atoms with E-state index in [1.807, 2.05) is 0 Å². The van der Waals surface area contributed by atoms with Gasteiger partial charge in [-0.1, -0.05) is 117 Å². The monoisotopic (exact) mass is 448 g/mol. The minimum Gasteiger partial charge on any atom is -0.299 e. The summed E-state index contributed by atoms with van der Waals surface area (Å²) in [5.74, 6) is 0. The van der Waals surface area contributed by atoms with Crippen molar-refractivity contribution in [3.63, 3.8) is 0 Å². The molecule has 2 nitrogen and oxygen atoms in total. The molecule has 2 rings (SSSR count). The quantitative estimate of drug-likeness (QED) is 0.182. The van der Waals surface area contributed by atoms with E-state index in [1.165, 1.54) is 167 Å². The van der Waals surface area contributed by atoms with Crippen molar-refractivity contribution in [3.8, 4) is 0 Å². The molecule has 0 aromatic rings. The maximum absolute atomic E-state index is 2.95. The molecule has 0 spiro atoms. The van der Waals surface area contributed by atoms with Crippen molar-refractivity contribution in [2.45, 2.75) is 167 Å². The average molecular weight is 449 g/mol. The van der Waals surface area contributed by atoms with E-state index in [4.69, 9.17) is 0 Å². The molecule has 32 heavy (non-hydrogen) atoms. The van der Waals surface area contributed by atoms with Gasteiger partial charge in [0, 0.05) is 25.2 Å². The fraction of sp³-hybridized carbons (Fsp3) is 1.00. The van der Waals surface area contributed by atoms with Gasteiger partial charge in [0.15, 0.2) is 0 Å². The maximum Gasteiger partial charge on any atom is 0.0112 e. The van der Waals surface area contributed by atoms with Crippen molar-refractivity contribution in [1.29, 1.82) is 0 Å². The highest BCUT2D eigenvalue weighted by atomic mass is 15.2. The average Bonchev–Trinajstić information content (AvgIpc) is 2.84. The molecule has 0 heterocycles.